The van der Waals surface area contributed by atoms with E-state index in [1.165, 1.54) is 0 Å². The molecule has 1 aromatic rings. The van der Waals surface area contributed by atoms with E-state index in [1.807, 2.05) is 0 Å². The van der Waals surface area contributed by atoms with Crippen LogP contribution in [0.1, 0.15) is 16.8 Å². The van der Waals surface area contributed by atoms with E-state index in [0.29, 0.717) is 19.2 Å². The molecule has 6 heteroatoms. The summed E-state index contributed by atoms with van der Waals surface area (Å²) in [6.45, 7) is 1.24. The normalized spacial score (nSPS) is 16.8. The van der Waals surface area contributed by atoms with Gasteiger partial charge in [-0.1, -0.05) is 0 Å². The summed E-state index contributed by atoms with van der Waals surface area (Å²) in [7, 11) is 0. The second-order valence-corrected chi connectivity index (χ2v) is 4.46. The number of carbonyl (C=O) groups excluding carboxylic acids is 2. The van der Waals surface area contributed by atoms with Crippen molar-refractivity contribution in [3.05, 3.63) is 35.4 Å². The van der Waals surface area contributed by atoms with Crippen LogP contribution in [-0.2, 0) is 4.79 Å². The van der Waals surface area contributed by atoms with E-state index in [0.717, 1.165) is 18.6 Å². The molecule has 4 nitrogen and oxygen atoms in total. The van der Waals surface area contributed by atoms with E-state index in [-0.39, 0.29) is 24.6 Å². The smallest absolute Gasteiger partial charge is 0.234 e. The van der Waals surface area contributed by atoms with E-state index in [1.54, 1.807) is 4.90 Å². The van der Waals surface area contributed by atoms with Gasteiger partial charge in [-0.25, -0.2) is 8.78 Å². The first-order valence-corrected chi connectivity index (χ1v) is 6.03. The average molecular weight is 268 g/mol. The molecular weight excluding hydrogens is 254 g/mol. The number of hydrogen-bond donors (Lipinski definition) is 1. The third-order valence-electron chi connectivity index (χ3n) is 2.94. The van der Waals surface area contributed by atoms with Crippen LogP contribution in [0, 0.1) is 11.6 Å². The number of benzene rings is 1. The van der Waals surface area contributed by atoms with Crippen molar-refractivity contribution in [3.8, 4) is 0 Å². The van der Waals surface area contributed by atoms with Crippen molar-refractivity contribution >= 4 is 11.7 Å². The Labute approximate surface area is 109 Å². The molecule has 1 aliphatic rings. The lowest BCUT2D eigenvalue weighted by molar-refractivity contribution is -0.121. The molecule has 102 valence electrons. The Bertz CT molecular complexity index is 505. The molecule has 1 saturated heterocycles. The molecule has 1 aliphatic heterocycles. The summed E-state index contributed by atoms with van der Waals surface area (Å²) in [5.41, 5.74) is -0.147. The number of halogens is 2. The Morgan fingerprint density at radius 2 is 2.16 bits per heavy atom. The highest BCUT2D eigenvalue weighted by Gasteiger charge is 2.20. The molecule has 1 amide bonds. The minimum absolute atomic E-state index is 0.0457. The molecule has 0 saturated carbocycles. The van der Waals surface area contributed by atoms with Crippen molar-refractivity contribution in [3.63, 3.8) is 0 Å². The number of amides is 1. The third kappa shape index (κ3) is 3.57. The maximum Gasteiger partial charge on any atom is 0.234 e. The van der Waals surface area contributed by atoms with Gasteiger partial charge in [0.2, 0.25) is 5.91 Å². The van der Waals surface area contributed by atoms with Gasteiger partial charge in [-0.15, -0.1) is 0 Å². The molecule has 0 bridgehead atoms. The fourth-order valence-corrected chi connectivity index (χ4v) is 2.01. The Balaban J connectivity index is 2.05. The first kappa shape index (κ1) is 13.6. The topological polar surface area (TPSA) is 49.4 Å². The van der Waals surface area contributed by atoms with Gasteiger partial charge in [0.15, 0.2) is 5.78 Å². The van der Waals surface area contributed by atoms with Gasteiger partial charge in [0, 0.05) is 19.2 Å². The Kier molecular flexibility index (Phi) is 4.21. The number of ketones is 1. The highest BCUT2D eigenvalue weighted by Crippen LogP contribution is 2.11. The van der Waals surface area contributed by atoms with Crippen molar-refractivity contribution in [1.29, 1.82) is 0 Å². The van der Waals surface area contributed by atoms with Crippen molar-refractivity contribution in [2.45, 2.75) is 6.42 Å². The third-order valence-corrected chi connectivity index (χ3v) is 2.94. The lowest BCUT2D eigenvalue weighted by Gasteiger charge is -2.17. The van der Waals surface area contributed by atoms with E-state index in [2.05, 4.69) is 5.32 Å². The van der Waals surface area contributed by atoms with Crippen LogP contribution in [0.15, 0.2) is 18.2 Å². The van der Waals surface area contributed by atoms with Crippen LogP contribution in [0.5, 0.6) is 0 Å². The average Bonchev–Trinajstić information content (AvgIpc) is 2.53. The summed E-state index contributed by atoms with van der Waals surface area (Å²) < 4.78 is 26.2. The molecule has 2 rings (SSSR count). The molecule has 0 spiro atoms. The first-order chi connectivity index (χ1) is 9.06. The van der Waals surface area contributed by atoms with Crippen molar-refractivity contribution in [2.24, 2.45) is 0 Å². The van der Waals surface area contributed by atoms with Gasteiger partial charge in [0.1, 0.15) is 11.6 Å². The number of hydrogen-bond acceptors (Lipinski definition) is 3. The molecule has 0 aliphatic carbocycles. The standard InChI is InChI=1S/C13H14F2N2O2/c14-9-2-3-10(11(15)6-9)12(18)7-17-5-1-4-16-13(19)8-17/h2-3,6H,1,4-5,7-8H2,(H,16,19). The zero-order valence-corrected chi connectivity index (χ0v) is 10.3. The van der Waals surface area contributed by atoms with Crippen LogP contribution in [0.4, 0.5) is 8.78 Å². The number of rotatable bonds is 3. The van der Waals surface area contributed by atoms with Gasteiger partial charge >= 0.3 is 0 Å². The van der Waals surface area contributed by atoms with Crippen molar-refractivity contribution in [1.82, 2.24) is 10.2 Å². The van der Waals surface area contributed by atoms with E-state index in [9.17, 15) is 18.4 Å². The SMILES string of the molecule is O=C1CN(CC(=O)c2ccc(F)cc2F)CCCN1. The number of carbonyl (C=O) groups is 2. The van der Waals surface area contributed by atoms with Gasteiger partial charge in [-0.2, -0.15) is 0 Å². The molecule has 19 heavy (non-hydrogen) atoms. The van der Waals surface area contributed by atoms with Gasteiger partial charge in [-0.05, 0) is 18.6 Å². The molecule has 0 atom stereocenters. The largest absolute Gasteiger partial charge is 0.355 e. The monoisotopic (exact) mass is 268 g/mol. The van der Waals surface area contributed by atoms with Gasteiger partial charge in [0.05, 0.1) is 18.7 Å². The maximum atomic E-state index is 13.5. The Morgan fingerprint density at radius 3 is 2.89 bits per heavy atom. The summed E-state index contributed by atoms with van der Waals surface area (Å²) in [6.07, 6.45) is 0.741. The van der Waals surface area contributed by atoms with Gasteiger partial charge < -0.3 is 5.32 Å². The summed E-state index contributed by atoms with van der Waals surface area (Å²) in [6, 6.07) is 2.86. The van der Waals surface area contributed by atoms with E-state index < -0.39 is 17.4 Å². The zero-order valence-electron chi connectivity index (χ0n) is 10.3. The highest BCUT2D eigenvalue weighted by molar-refractivity contribution is 5.98. The molecule has 0 radical (unpaired) electrons. The molecule has 1 heterocycles. The summed E-state index contributed by atoms with van der Waals surface area (Å²) in [5, 5.41) is 2.69. The van der Waals surface area contributed by atoms with Crippen LogP contribution < -0.4 is 5.32 Å². The minimum atomic E-state index is -0.871. The van der Waals surface area contributed by atoms with Gasteiger partial charge in [-0.3, -0.25) is 14.5 Å². The molecule has 1 fully saturated rings. The molecule has 0 aromatic heterocycles. The molecular formula is C13H14F2N2O2. The predicted octanol–water partition coefficient (Wildman–Crippen LogP) is 0.969. The lowest BCUT2D eigenvalue weighted by Crippen LogP contribution is -2.36. The minimum Gasteiger partial charge on any atom is -0.355 e. The fourth-order valence-electron chi connectivity index (χ4n) is 2.01. The molecule has 1 aromatic carbocycles. The molecule has 0 unspecified atom stereocenters. The van der Waals surface area contributed by atoms with E-state index >= 15 is 0 Å². The fraction of sp³-hybridized carbons (Fsp3) is 0.385. The summed E-state index contributed by atoms with van der Waals surface area (Å²) in [4.78, 5) is 24.9. The molecule has 1 N–H and O–H groups in total. The lowest BCUT2D eigenvalue weighted by atomic mass is 10.1. The maximum absolute atomic E-state index is 13.5. The Hall–Kier alpha value is -1.82. The summed E-state index contributed by atoms with van der Waals surface area (Å²) in [5.74, 6) is -2.19. The van der Waals surface area contributed by atoms with Crippen molar-refractivity contribution in [2.75, 3.05) is 26.2 Å². The predicted molar refractivity (Wildman–Crippen MR) is 64.8 cm³/mol. The Morgan fingerprint density at radius 1 is 1.37 bits per heavy atom. The quantitative estimate of drug-likeness (QED) is 0.831. The second kappa shape index (κ2) is 5.88. The van der Waals surface area contributed by atoms with Crippen LogP contribution in [0.3, 0.4) is 0 Å². The van der Waals surface area contributed by atoms with Crippen LogP contribution in [0.25, 0.3) is 0 Å². The first-order valence-electron chi connectivity index (χ1n) is 6.03. The van der Waals surface area contributed by atoms with Crippen LogP contribution in [0.2, 0.25) is 0 Å². The summed E-state index contributed by atoms with van der Waals surface area (Å²) >= 11 is 0. The highest BCUT2D eigenvalue weighted by atomic mass is 19.1. The van der Waals surface area contributed by atoms with Gasteiger partial charge in [0.25, 0.3) is 0 Å². The number of nitrogens with one attached hydrogen (secondary N) is 1. The van der Waals surface area contributed by atoms with E-state index in [4.69, 9.17) is 0 Å². The second-order valence-electron chi connectivity index (χ2n) is 4.46. The van der Waals surface area contributed by atoms with Crippen LogP contribution in [-0.4, -0.2) is 42.8 Å². The zero-order chi connectivity index (χ0) is 13.8. The van der Waals surface area contributed by atoms with Crippen molar-refractivity contribution < 1.29 is 18.4 Å². The number of nitrogens with zero attached hydrogens (tertiary/aromatic N) is 1. The van der Waals surface area contributed by atoms with Crippen LogP contribution >= 0.6 is 0 Å². The number of Topliss-reactive ketones (excluding diaryl/α,β-unsaturated/α-hetero) is 1.